The van der Waals surface area contributed by atoms with E-state index in [1.807, 2.05) is 0 Å². The van der Waals surface area contributed by atoms with Crippen LogP contribution in [0.15, 0.2) is 24.3 Å². The molecule has 1 fully saturated rings. The first kappa shape index (κ1) is 12.5. The number of rotatable bonds is 2. The lowest BCUT2D eigenvalue weighted by atomic mass is 9.99. The predicted octanol–water partition coefficient (Wildman–Crippen LogP) is 1.62. The van der Waals surface area contributed by atoms with Crippen LogP contribution in [0.4, 0.5) is 4.39 Å². The molecule has 0 saturated carbocycles. The molecule has 1 aliphatic heterocycles. The minimum absolute atomic E-state index is 0.0833. The molecule has 0 aliphatic carbocycles. The Morgan fingerprint density at radius 3 is 2.67 bits per heavy atom. The predicted molar refractivity (Wildman–Crippen MR) is 62.6 cm³/mol. The van der Waals surface area contributed by atoms with Gasteiger partial charge in [-0.3, -0.25) is 9.59 Å². The number of amides is 1. The first-order valence-electron chi connectivity index (χ1n) is 5.76. The summed E-state index contributed by atoms with van der Waals surface area (Å²) in [5, 5.41) is 9.00. The molecule has 1 saturated heterocycles. The van der Waals surface area contributed by atoms with E-state index in [2.05, 4.69) is 0 Å². The van der Waals surface area contributed by atoms with Gasteiger partial charge in [-0.2, -0.15) is 0 Å². The van der Waals surface area contributed by atoms with Crippen molar-refractivity contribution in [3.05, 3.63) is 35.6 Å². The second-order valence-corrected chi connectivity index (χ2v) is 4.64. The van der Waals surface area contributed by atoms with Gasteiger partial charge in [0.05, 0.1) is 5.92 Å². The Labute approximate surface area is 104 Å². The summed E-state index contributed by atoms with van der Waals surface area (Å²) in [5.74, 6) is -2.30. The summed E-state index contributed by atoms with van der Waals surface area (Å²) < 4.78 is 13.0. The highest BCUT2D eigenvalue weighted by atomic mass is 19.1. The van der Waals surface area contributed by atoms with Crippen LogP contribution in [0.3, 0.4) is 0 Å². The molecular formula is C13H14FNO3. The molecule has 18 heavy (non-hydrogen) atoms. The van der Waals surface area contributed by atoms with E-state index in [4.69, 9.17) is 5.11 Å². The highest BCUT2D eigenvalue weighted by Crippen LogP contribution is 2.24. The van der Waals surface area contributed by atoms with Gasteiger partial charge < -0.3 is 10.0 Å². The van der Waals surface area contributed by atoms with Crippen LogP contribution in [0.25, 0.3) is 0 Å². The molecule has 1 aromatic carbocycles. The van der Waals surface area contributed by atoms with Gasteiger partial charge >= 0.3 is 5.97 Å². The minimum Gasteiger partial charge on any atom is -0.481 e. The second-order valence-electron chi connectivity index (χ2n) is 4.64. The average Bonchev–Trinajstić information content (AvgIpc) is 2.70. The van der Waals surface area contributed by atoms with Crippen molar-refractivity contribution in [2.45, 2.75) is 6.92 Å². The van der Waals surface area contributed by atoms with E-state index in [0.29, 0.717) is 6.54 Å². The van der Waals surface area contributed by atoms with Gasteiger partial charge in [0.25, 0.3) is 5.91 Å². The first-order chi connectivity index (χ1) is 8.49. The Bertz CT molecular complexity index is 489. The van der Waals surface area contributed by atoms with Crippen molar-refractivity contribution in [1.29, 1.82) is 0 Å². The number of hydrogen-bond donors (Lipinski definition) is 1. The van der Waals surface area contributed by atoms with Gasteiger partial charge in [0.1, 0.15) is 5.82 Å². The van der Waals surface area contributed by atoms with Gasteiger partial charge in [-0.05, 0) is 24.1 Å². The maximum atomic E-state index is 13.0. The minimum atomic E-state index is -0.892. The standard InChI is InChI=1S/C13H14FNO3/c1-8-6-15(7-11(8)13(17)18)12(16)9-3-2-4-10(14)5-9/h2-5,8,11H,6-7H2,1H3,(H,17,18)/t8-,11-/m1/s1. The quantitative estimate of drug-likeness (QED) is 0.868. The Morgan fingerprint density at radius 1 is 1.39 bits per heavy atom. The highest BCUT2D eigenvalue weighted by Gasteiger charge is 2.37. The fourth-order valence-electron chi connectivity index (χ4n) is 2.26. The molecular weight excluding hydrogens is 237 g/mol. The summed E-state index contributed by atoms with van der Waals surface area (Å²) in [5.41, 5.74) is 0.258. The number of hydrogen-bond acceptors (Lipinski definition) is 2. The second kappa shape index (κ2) is 4.76. The van der Waals surface area contributed by atoms with Crippen LogP contribution in [0.1, 0.15) is 17.3 Å². The summed E-state index contributed by atoms with van der Waals surface area (Å²) in [7, 11) is 0. The van der Waals surface area contributed by atoms with Crippen molar-refractivity contribution in [3.63, 3.8) is 0 Å². The molecule has 2 atom stereocenters. The van der Waals surface area contributed by atoms with E-state index < -0.39 is 17.7 Å². The van der Waals surface area contributed by atoms with Gasteiger partial charge in [0.15, 0.2) is 0 Å². The number of carbonyl (C=O) groups excluding carboxylic acids is 1. The molecule has 2 rings (SSSR count). The van der Waals surface area contributed by atoms with Gasteiger partial charge in [-0.25, -0.2) is 4.39 Å². The fraction of sp³-hybridized carbons (Fsp3) is 0.385. The Hall–Kier alpha value is -1.91. The van der Waals surface area contributed by atoms with E-state index in [0.717, 1.165) is 0 Å². The number of nitrogens with zero attached hydrogens (tertiary/aromatic N) is 1. The molecule has 5 heteroatoms. The van der Waals surface area contributed by atoms with Gasteiger partial charge in [0, 0.05) is 18.7 Å². The Kier molecular flexibility index (Phi) is 3.32. The molecule has 4 nitrogen and oxygen atoms in total. The summed E-state index contributed by atoms with van der Waals surface area (Å²) in [6.07, 6.45) is 0. The molecule has 0 spiro atoms. The van der Waals surface area contributed by atoms with Crippen LogP contribution < -0.4 is 0 Å². The lowest BCUT2D eigenvalue weighted by Gasteiger charge is -2.15. The molecule has 1 aliphatic rings. The summed E-state index contributed by atoms with van der Waals surface area (Å²) in [6.45, 7) is 2.38. The Balaban J connectivity index is 2.14. The largest absolute Gasteiger partial charge is 0.481 e. The third-order valence-electron chi connectivity index (χ3n) is 3.29. The maximum Gasteiger partial charge on any atom is 0.308 e. The first-order valence-corrected chi connectivity index (χ1v) is 5.76. The SMILES string of the molecule is C[C@@H]1CN(C(=O)c2cccc(F)c2)C[C@H]1C(=O)O. The van der Waals surface area contributed by atoms with Gasteiger partial charge in [0.2, 0.25) is 0 Å². The highest BCUT2D eigenvalue weighted by molar-refractivity contribution is 5.94. The van der Waals surface area contributed by atoms with E-state index >= 15 is 0 Å². The number of halogens is 1. The molecule has 1 amide bonds. The number of benzene rings is 1. The summed E-state index contributed by atoms with van der Waals surface area (Å²) in [6, 6.07) is 5.44. The lowest BCUT2D eigenvalue weighted by Crippen LogP contribution is -2.29. The van der Waals surface area contributed by atoms with Crippen molar-refractivity contribution in [1.82, 2.24) is 4.90 Å². The molecule has 1 aromatic rings. The molecule has 1 N–H and O–H groups in total. The molecule has 0 radical (unpaired) electrons. The van der Waals surface area contributed by atoms with Gasteiger partial charge in [-0.1, -0.05) is 13.0 Å². The lowest BCUT2D eigenvalue weighted by molar-refractivity contribution is -0.142. The third kappa shape index (κ3) is 2.34. The zero-order valence-corrected chi connectivity index (χ0v) is 9.97. The zero-order chi connectivity index (χ0) is 13.3. The topological polar surface area (TPSA) is 57.6 Å². The van der Waals surface area contributed by atoms with Crippen molar-refractivity contribution in [2.75, 3.05) is 13.1 Å². The molecule has 0 unspecified atom stereocenters. The van der Waals surface area contributed by atoms with Gasteiger partial charge in [-0.15, -0.1) is 0 Å². The summed E-state index contributed by atoms with van der Waals surface area (Å²) >= 11 is 0. The van der Waals surface area contributed by atoms with E-state index in [1.54, 1.807) is 6.92 Å². The number of carboxylic acid groups (broad SMARTS) is 1. The van der Waals surface area contributed by atoms with E-state index in [-0.39, 0.29) is 23.9 Å². The maximum absolute atomic E-state index is 13.0. The number of aliphatic carboxylic acids is 1. The van der Waals surface area contributed by atoms with Crippen molar-refractivity contribution in [2.24, 2.45) is 11.8 Å². The monoisotopic (exact) mass is 251 g/mol. The van der Waals surface area contributed by atoms with Crippen LogP contribution >= 0.6 is 0 Å². The third-order valence-corrected chi connectivity index (χ3v) is 3.29. The smallest absolute Gasteiger partial charge is 0.308 e. The Morgan fingerprint density at radius 2 is 2.11 bits per heavy atom. The van der Waals surface area contributed by atoms with E-state index in [9.17, 15) is 14.0 Å². The average molecular weight is 251 g/mol. The zero-order valence-electron chi connectivity index (χ0n) is 9.97. The molecule has 1 heterocycles. The number of carbonyl (C=O) groups is 2. The molecule has 0 aromatic heterocycles. The van der Waals surface area contributed by atoms with E-state index in [1.165, 1.54) is 29.2 Å². The fourth-order valence-corrected chi connectivity index (χ4v) is 2.26. The van der Waals surface area contributed by atoms with Crippen LogP contribution in [-0.2, 0) is 4.79 Å². The number of likely N-dealkylation sites (tertiary alicyclic amines) is 1. The van der Waals surface area contributed by atoms with Crippen LogP contribution in [-0.4, -0.2) is 35.0 Å². The van der Waals surface area contributed by atoms with Crippen molar-refractivity contribution >= 4 is 11.9 Å². The van der Waals surface area contributed by atoms with Crippen molar-refractivity contribution < 1.29 is 19.1 Å². The van der Waals surface area contributed by atoms with Crippen LogP contribution in [0, 0.1) is 17.7 Å². The summed E-state index contributed by atoms with van der Waals surface area (Å²) in [4.78, 5) is 24.5. The molecule has 0 bridgehead atoms. The number of carboxylic acids is 1. The van der Waals surface area contributed by atoms with Crippen LogP contribution in [0.2, 0.25) is 0 Å². The van der Waals surface area contributed by atoms with Crippen LogP contribution in [0.5, 0.6) is 0 Å². The normalized spacial score (nSPS) is 23.1. The molecule has 96 valence electrons. The van der Waals surface area contributed by atoms with Crippen molar-refractivity contribution in [3.8, 4) is 0 Å².